The van der Waals surface area contributed by atoms with Crippen LogP contribution in [0.15, 0.2) is 48.5 Å². The van der Waals surface area contributed by atoms with Crippen molar-refractivity contribution in [3.05, 3.63) is 59.1 Å². The summed E-state index contributed by atoms with van der Waals surface area (Å²) in [6.45, 7) is 0.608. The lowest BCUT2D eigenvalue weighted by Gasteiger charge is -2.15. The van der Waals surface area contributed by atoms with Gasteiger partial charge in [0.1, 0.15) is 0 Å². The maximum atomic E-state index is 9.29. The Morgan fingerprint density at radius 3 is 2.37 bits per heavy atom. The molecule has 2 aromatic carbocycles. The van der Waals surface area contributed by atoms with E-state index in [1.54, 1.807) is 0 Å². The van der Waals surface area contributed by atoms with Crippen LogP contribution in [0, 0.1) is 5.92 Å². The molecule has 1 unspecified atom stereocenters. The van der Waals surface area contributed by atoms with Gasteiger partial charge in [0.05, 0.1) is 0 Å². The molecular formula is C16H18ClNO. The third kappa shape index (κ3) is 3.57. The number of rotatable bonds is 5. The molecule has 2 nitrogen and oxygen atoms in total. The van der Waals surface area contributed by atoms with Gasteiger partial charge in [0.2, 0.25) is 0 Å². The van der Waals surface area contributed by atoms with E-state index in [0.717, 1.165) is 17.0 Å². The summed E-state index contributed by atoms with van der Waals surface area (Å²) in [5.74, 6) is 0.105. The molecule has 0 bridgehead atoms. The highest BCUT2D eigenvalue weighted by Gasteiger charge is 2.10. The average molecular weight is 276 g/mol. The molecule has 3 heteroatoms. The van der Waals surface area contributed by atoms with Crippen molar-refractivity contribution in [1.29, 1.82) is 0 Å². The molecule has 0 radical (unpaired) electrons. The van der Waals surface area contributed by atoms with E-state index >= 15 is 0 Å². The molecule has 19 heavy (non-hydrogen) atoms. The lowest BCUT2D eigenvalue weighted by Crippen LogP contribution is -2.20. The summed E-state index contributed by atoms with van der Waals surface area (Å²) in [6, 6.07) is 16.0. The van der Waals surface area contributed by atoms with E-state index in [2.05, 4.69) is 12.1 Å². The van der Waals surface area contributed by atoms with Crippen LogP contribution in [0.5, 0.6) is 0 Å². The van der Waals surface area contributed by atoms with Gasteiger partial charge in [-0.05, 0) is 47.7 Å². The van der Waals surface area contributed by atoms with E-state index in [1.165, 1.54) is 11.1 Å². The number of hydrogen-bond donors (Lipinski definition) is 2. The Morgan fingerprint density at radius 1 is 1.05 bits per heavy atom. The second-order valence-electron chi connectivity index (χ2n) is 4.65. The Hall–Kier alpha value is -1.35. The van der Waals surface area contributed by atoms with Crippen molar-refractivity contribution >= 4 is 11.6 Å². The van der Waals surface area contributed by atoms with Gasteiger partial charge >= 0.3 is 0 Å². The Labute approximate surface area is 118 Å². The van der Waals surface area contributed by atoms with E-state index in [-0.39, 0.29) is 12.5 Å². The molecule has 0 aliphatic heterocycles. The second-order valence-corrected chi connectivity index (χ2v) is 5.09. The van der Waals surface area contributed by atoms with Crippen molar-refractivity contribution in [2.75, 3.05) is 13.2 Å². The van der Waals surface area contributed by atoms with Crippen molar-refractivity contribution < 1.29 is 5.11 Å². The van der Waals surface area contributed by atoms with Gasteiger partial charge in [-0.15, -0.1) is 0 Å². The molecule has 2 rings (SSSR count). The van der Waals surface area contributed by atoms with Crippen molar-refractivity contribution in [3.8, 4) is 11.1 Å². The number of aliphatic hydroxyl groups is 1. The summed E-state index contributed by atoms with van der Waals surface area (Å²) < 4.78 is 0. The van der Waals surface area contributed by atoms with Gasteiger partial charge in [-0.25, -0.2) is 0 Å². The van der Waals surface area contributed by atoms with Crippen LogP contribution < -0.4 is 5.73 Å². The Balaban J connectivity index is 2.32. The summed E-state index contributed by atoms with van der Waals surface area (Å²) in [6.07, 6.45) is 0.784. The smallest absolute Gasteiger partial charge is 0.0474 e. The third-order valence-corrected chi connectivity index (χ3v) is 3.52. The molecule has 0 heterocycles. The number of benzene rings is 2. The molecule has 0 aliphatic rings. The van der Waals surface area contributed by atoms with Gasteiger partial charge in [-0.3, -0.25) is 0 Å². The van der Waals surface area contributed by atoms with E-state index < -0.39 is 0 Å². The molecule has 0 aromatic heterocycles. The first-order valence-corrected chi connectivity index (χ1v) is 6.77. The molecule has 3 N–H and O–H groups in total. The van der Waals surface area contributed by atoms with Crippen LogP contribution in [-0.4, -0.2) is 18.3 Å². The van der Waals surface area contributed by atoms with Crippen molar-refractivity contribution in [3.63, 3.8) is 0 Å². The molecule has 0 amide bonds. The predicted molar refractivity (Wildman–Crippen MR) is 80.2 cm³/mol. The number of hydrogen-bond acceptors (Lipinski definition) is 2. The van der Waals surface area contributed by atoms with Crippen molar-refractivity contribution in [1.82, 2.24) is 0 Å². The van der Waals surface area contributed by atoms with Crippen LogP contribution in [0.2, 0.25) is 5.02 Å². The van der Waals surface area contributed by atoms with Crippen LogP contribution in [0.4, 0.5) is 0 Å². The summed E-state index contributed by atoms with van der Waals surface area (Å²) in [5, 5.41) is 10.0. The molecule has 100 valence electrons. The fraction of sp³-hybridized carbons (Fsp3) is 0.250. The van der Waals surface area contributed by atoms with Gasteiger partial charge < -0.3 is 10.8 Å². The Morgan fingerprint density at radius 2 is 1.74 bits per heavy atom. The molecular weight excluding hydrogens is 258 g/mol. The normalized spacial score (nSPS) is 12.4. The van der Waals surface area contributed by atoms with Gasteiger partial charge in [-0.1, -0.05) is 48.0 Å². The minimum Gasteiger partial charge on any atom is -0.396 e. The fourth-order valence-corrected chi connectivity index (χ4v) is 2.27. The lowest BCUT2D eigenvalue weighted by atomic mass is 9.92. The summed E-state index contributed by atoms with van der Waals surface area (Å²) in [5.41, 5.74) is 9.17. The van der Waals surface area contributed by atoms with E-state index in [1.807, 2.05) is 36.4 Å². The van der Waals surface area contributed by atoms with Gasteiger partial charge in [0.25, 0.3) is 0 Å². The predicted octanol–water partition coefficient (Wildman–Crippen LogP) is 3.12. The molecule has 0 saturated heterocycles. The molecule has 2 aromatic rings. The second kappa shape index (κ2) is 6.71. The van der Waals surface area contributed by atoms with E-state index in [0.29, 0.717) is 6.54 Å². The number of nitrogens with two attached hydrogens (primary N) is 1. The highest BCUT2D eigenvalue weighted by molar-refractivity contribution is 6.30. The first kappa shape index (κ1) is 14.1. The number of aliphatic hydroxyl groups excluding tert-OH is 1. The van der Waals surface area contributed by atoms with Gasteiger partial charge in [-0.2, -0.15) is 0 Å². The average Bonchev–Trinajstić information content (AvgIpc) is 2.46. The van der Waals surface area contributed by atoms with Gasteiger partial charge in [0.15, 0.2) is 0 Å². The maximum Gasteiger partial charge on any atom is 0.0474 e. The van der Waals surface area contributed by atoms with Crippen LogP contribution in [0.3, 0.4) is 0 Å². The van der Waals surface area contributed by atoms with Crippen LogP contribution in [0.25, 0.3) is 11.1 Å². The summed E-state index contributed by atoms with van der Waals surface area (Å²) in [7, 11) is 0. The van der Waals surface area contributed by atoms with Gasteiger partial charge in [0, 0.05) is 11.6 Å². The first-order chi connectivity index (χ1) is 9.24. The highest BCUT2D eigenvalue weighted by atomic mass is 35.5. The van der Waals surface area contributed by atoms with E-state index in [4.69, 9.17) is 17.3 Å². The highest BCUT2D eigenvalue weighted by Crippen LogP contribution is 2.26. The van der Waals surface area contributed by atoms with Crippen LogP contribution in [-0.2, 0) is 6.42 Å². The van der Waals surface area contributed by atoms with Crippen LogP contribution in [0.1, 0.15) is 5.56 Å². The minimum absolute atomic E-state index is 0.105. The zero-order valence-electron chi connectivity index (χ0n) is 10.7. The number of halogens is 1. The summed E-state index contributed by atoms with van der Waals surface area (Å²) >= 11 is 5.92. The van der Waals surface area contributed by atoms with Crippen molar-refractivity contribution in [2.24, 2.45) is 11.7 Å². The lowest BCUT2D eigenvalue weighted by molar-refractivity contribution is 0.230. The SMILES string of the molecule is NCC(CO)Cc1ccccc1-c1ccc(Cl)cc1. The Kier molecular flexibility index (Phi) is 4.97. The van der Waals surface area contributed by atoms with Crippen LogP contribution >= 0.6 is 11.6 Å². The third-order valence-electron chi connectivity index (χ3n) is 3.27. The molecule has 0 aliphatic carbocycles. The molecule has 0 spiro atoms. The Bertz CT molecular complexity index is 521. The quantitative estimate of drug-likeness (QED) is 0.881. The zero-order chi connectivity index (χ0) is 13.7. The maximum absolute atomic E-state index is 9.29. The topological polar surface area (TPSA) is 46.2 Å². The largest absolute Gasteiger partial charge is 0.396 e. The summed E-state index contributed by atoms with van der Waals surface area (Å²) in [4.78, 5) is 0. The van der Waals surface area contributed by atoms with E-state index in [9.17, 15) is 5.11 Å². The zero-order valence-corrected chi connectivity index (χ0v) is 11.5. The molecule has 0 fully saturated rings. The molecule has 0 saturated carbocycles. The monoisotopic (exact) mass is 275 g/mol. The molecule has 1 atom stereocenters. The van der Waals surface area contributed by atoms with Crippen molar-refractivity contribution in [2.45, 2.75) is 6.42 Å². The fourth-order valence-electron chi connectivity index (χ4n) is 2.14. The first-order valence-electron chi connectivity index (χ1n) is 6.39. The standard InChI is InChI=1S/C16H18ClNO/c17-15-7-5-13(6-8-15)16-4-2-1-3-14(16)9-12(10-18)11-19/h1-8,12,19H,9-11,18H2. The minimum atomic E-state index is 0.105.